The summed E-state index contributed by atoms with van der Waals surface area (Å²) in [7, 11) is -4.22. The fourth-order valence-electron chi connectivity index (χ4n) is 4.94. The quantitative estimate of drug-likeness (QED) is 0.463. The second-order valence-corrected chi connectivity index (χ2v) is 11.6. The molecule has 2 heterocycles. The summed E-state index contributed by atoms with van der Waals surface area (Å²) in [6, 6.07) is 11.8. The number of primary amides is 1. The lowest BCUT2D eigenvalue weighted by Crippen LogP contribution is -2.50. The number of halogens is 3. The van der Waals surface area contributed by atoms with Gasteiger partial charge in [0.15, 0.2) is 14.7 Å². The predicted molar refractivity (Wildman–Crippen MR) is 133 cm³/mol. The van der Waals surface area contributed by atoms with E-state index in [9.17, 15) is 36.3 Å². The molecule has 3 N–H and O–H groups in total. The fourth-order valence-corrected chi connectivity index (χ4v) is 6.57. The van der Waals surface area contributed by atoms with E-state index in [4.69, 9.17) is 5.73 Å². The highest BCUT2D eigenvalue weighted by molar-refractivity contribution is 7.92. The highest BCUT2D eigenvalue weighted by atomic mass is 32.2. The number of aromatic nitrogens is 2. The number of alkyl halides is 3. The number of amides is 2. The molecular formula is C25H27F3N4O5S. The molecule has 1 fully saturated rings. The molecule has 3 aromatic rings. The van der Waals surface area contributed by atoms with E-state index < -0.39 is 51.0 Å². The lowest BCUT2D eigenvalue weighted by molar-refractivity contribution is -0.183. The summed E-state index contributed by atoms with van der Waals surface area (Å²) in [6.45, 7) is 0.0104. The van der Waals surface area contributed by atoms with Crippen LogP contribution in [-0.2, 0) is 14.7 Å². The summed E-state index contributed by atoms with van der Waals surface area (Å²) >= 11 is 0. The Balaban J connectivity index is 1.98. The van der Waals surface area contributed by atoms with Crippen molar-refractivity contribution in [1.82, 2.24) is 14.5 Å². The summed E-state index contributed by atoms with van der Waals surface area (Å²) in [6.07, 6.45) is -5.00. The first-order valence-electron chi connectivity index (χ1n) is 11.9. The highest BCUT2D eigenvalue weighted by Crippen LogP contribution is 2.39. The van der Waals surface area contributed by atoms with E-state index in [2.05, 4.69) is 4.98 Å². The minimum Gasteiger partial charge on any atom is -0.392 e. The van der Waals surface area contributed by atoms with Crippen molar-refractivity contribution in [3.63, 3.8) is 0 Å². The number of sulfone groups is 1. The molecule has 4 rings (SSSR count). The molecule has 2 amide bonds. The minimum absolute atomic E-state index is 0.0554. The number of piperidine rings is 1. The molecule has 1 aromatic heterocycles. The maximum atomic E-state index is 13.8. The van der Waals surface area contributed by atoms with Gasteiger partial charge in [-0.1, -0.05) is 37.3 Å². The van der Waals surface area contributed by atoms with Crippen LogP contribution in [0.15, 0.2) is 48.5 Å². The van der Waals surface area contributed by atoms with E-state index in [1.807, 2.05) is 0 Å². The smallest absolute Gasteiger partial charge is 0.391 e. The zero-order valence-electron chi connectivity index (χ0n) is 20.5. The van der Waals surface area contributed by atoms with Gasteiger partial charge in [0, 0.05) is 18.7 Å². The molecule has 0 radical (unpaired) electrons. The van der Waals surface area contributed by atoms with Crippen LogP contribution in [0.3, 0.4) is 0 Å². The van der Waals surface area contributed by atoms with E-state index in [1.165, 1.54) is 42.2 Å². The Morgan fingerprint density at radius 1 is 1.11 bits per heavy atom. The molecule has 13 heteroatoms. The number of aliphatic hydroxyl groups is 1. The van der Waals surface area contributed by atoms with Gasteiger partial charge < -0.3 is 15.7 Å². The first-order chi connectivity index (χ1) is 17.9. The maximum absolute atomic E-state index is 13.8. The van der Waals surface area contributed by atoms with Gasteiger partial charge in [0.2, 0.25) is 11.7 Å². The zero-order chi connectivity index (χ0) is 27.9. The molecule has 1 aliphatic heterocycles. The average Bonchev–Trinajstić information content (AvgIpc) is 3.28. The maximum Gasteiger partial charge on any atom is 0.391 e. The molecule has 1 saturated heterocycles. The van der Waals surface area contributed by atoms with Gasteiger partial charge in [0.05, 0.1) is 29.3 Å². The summed E-state index contributed by atoms with van der Waals surface area (Å²) in [5, 5.41) is 10.8. The molecule has 1 aliphatic rings. The standard InChI is InChI=1S/C25H27F3N4O5S/c1-2-38(36,37)24(15-33,17-6-4-3-5-7-17)32-20-9-8-16(21(29)34)14-19(20)30-22(32)23(35)31-12-10-18(11-13-31)25(26,27)28/h3-9,14,18,33H,2,10-13,15H2,1H3,(H2,29,34). The number of rotatable bonds is 7. The number of imidazole rings is 1. The zero-order valence-corrected chi connectivity index (χ0v) is 21.3. The van der Waals surface area contributed by atoms with E-state index in [0.29, 0.717) is 0 Å². The van der Waals surface area contributed by atoms with Crippen molar-refractivity contribution in [2.24, 2.45) is 11.7 Å². The second kappa shape index (κ2) is 10.0. The number of nitrogens with zero attached hydrogens (tertiary/aromatic N) is 3. The third kappa shape index (κ3) is 4.53. The van der Waals surface area contributed by atoms with Crippen molar-refractivity contribution in [1.29, 1.82) is 0 Å². The largest absolute Gasteiger partial charge is 0.392 e. The Labute approximate surface area is 217 Å². The number of likely N-dealkylation sites (tertiary alicyclic amines) is 1. The van der Waals surface area contributed by atoms with Gasteiger partial charge in [0.1, 0.15) is 0 Å². The summed E-state index contributed by atoms with van der Waals surface area (Å²) in [4.78, 5) is 28.9. The fraction of sp³-hybridized carbons (Fsp3) is 0.400. The first-order valence-corrected chi connectivity index (χ1v) is 13.6. The molecule has 2 aromatic carbocycles. The number of nitrogens with two attached hydrogens (primary N) is 1. The minimum atomic E-state index is -4.39. The summed E-state index contributed by atoms with van der Waals surface area (Å²) in [5.41, 5.74) is 5.80. The van der Waals surface area contributed by atoms with Crippen LogP contribution in [0.1, 0.15) is 46.3 Å². The Bertz CT molecular complexity index is 1470. The third-order valence-corrected chi connectivity index (χ3v) is 9.41. The van der Waals surface area contributed by atoms with Crippen LogP contribution in [0.4, 0.5) is 13.2 Å². The molecule has 1 unspecified atom stereocenters. The van der Waals surface area contributed by atoms with Crippen LogP contribution < -0.4 is 5.73 Å². The Hall–Kier alpha value is -3.45. The van der Waals surface area contributed by atoms with Gasteiger partial charge in [-0.2, -0.15) is 13.2 Å². The third-order valence-electron chi connectivity index (χ3n) is 7.07. The Morgan fingerprint density at radius 3 is 2.26 bits per heavy atom. The number of aliphatic hydroxyl groups excluding tert-OH is 1. The SMILES string of the molecule is CCS(=O)(=O)C(CO)(c1ccccc1)n1c(C(=O)N2CCC(C(F)(F)F)CC2)nc2cc(C(N)=O)ccc21. The van der Waals surface area contributed by atoms with Gasteiger partial charge in [0.25, 0.3) is 5.91 Å². The van der Waals surface area contributed by atoms with Gasteiger partial charge in [-0.15, -0.1) is 0 Å². The number of carbonyl (C=O) groups is 2. The molecule has 204 valence electrons. The van der Waals surface area contributed by atoms with Crippen molar-refractivity contribution < 1.29 is 36.3 Å². The van der Waals surface area contributed by atoms with Crippen molar-refractivity contribution >= 4 is 32.7 Å². The van der Waals surface area contributed by atoms with Crippen LogP contribution in [0.2, 0.25) is 0 Å². The van der Waals surface area contributed by atoms with Crippen molar-refractivity contribution in [3.05, 3.63) is 65.5 Å². The number of hydrogen-bond acceptors (Lipinski definition) is 6. The highest BCUT2D eigenvalue weighted by Gasteiger charge is 2.50. The first kappa shape index (κ1) is 27.6. The van der Waals surface area contributed by atoms with Gasteiger partial charge in [-0.3, -0.25) is 14.2 Å². The molecule has 0 spiro atoms. The second-order valence-electron chi connectivity index (χ2n) is 9.16. The molecular weight excluding hydrogens is 525 g/mol. The average molecular weight is 553 g/mol. The van der Waals surface area contributed by atoms with Crippen LogP contribution in [0, 0.1) is 5.92 Å². The molecule has 9 nitrogen and oxygen atoms in total. The number of benzene rings is 2. The normalized spacial score (nSPS) is 16.9. The van der Waals surface area contributed by atoms with Crippen LogP contribution in [0.5, 0.6) is 0 Å². The predicted octanol–water partition coefficient (Wildman–Crippen LogP) is 2.68. The van der Waals surface area contributed by atoms with E-state index >= 15 is 0 Å². The summed E-state index contributed by atoms with van der Waals surface area (Å²) in [5.74, 6) is -3.91. The van der Waals surface area contributed by atoms with Gasteiger partial charge in [-0.25, -0.2) is 13.4 Å². The van der Waals surface area contributed by atoms with Crippen LogP contribution in [0.25, 0.3) is 11.0 Å². The Morgan fingerprint density at radius 2 is 1.74 bits per heavy atom. The monoisotopic (exact) mass is 552 g/mol. The molecule has 38 heavy (non-hydrogen) atoms. The van der Waals surface area contributed by atoms with E-state index in [0.717, 1.165) is 4.57 Å². The topological polar surface area (TPSA) is 136 Å². The molecule has 1 atom stereocenters. The van der Waals surface area contributed by atoms with Gasteiger partial charge >= 0.3 is 6.18 Å². The van der Waals surface area contributed by atoms with Crippen LogP contribution in [-0.4, -0.2) is 71.4 Å². The molecule has 0 bridgehead atoms. The molecule has 0 aliphatic carbocycles. The molecule has 0 saturated carbocycles. The number of hydrogen-bond donors (Lipinski definition) is 2. The van der Waals surface area contributed by atoms with Crippen molar-refractivity contribution in [3.8, 4) is 0 Å². The number of fused-ring (bicyclic) bond motifs is 1. The number of carbonyl (C=O) groups excluding carboxylic acids is 2. The Kier molecular flexibility index (Phi) is 7.28. The van der Waals surface area contributed by atoms with Gasteiger partial charge in [-0.05, 0) is 36.6 Å². The lowest BCUT2D eigenvalue weighted by Gasteiger charge is -2.36. The van der Waals surface area contributed by atoms with E-state index in [1.54, 1.807) is 18.2 Å². The lowest BCUT2D eigenvalue weighted by atomic mass is 9.96. The van der Waals surface area contributed by atoms with E-state index in [-0.39, 0.29) is 53.9 Å². The van der Waals surface area contributed by atoms with Crippen LogP contribution >= 0.6 is 0 Å². The summed E-state index contributed by atoms with van der Waals surface area (Å²) < 4.78 is 68.2. The van der Waals surface area contributed by atoms with Crippen molar-refractivity contribution in [2.45, 2.75) is 30.8 Å². The van der Waals surface area contributed by atoms with Crippen molar-refractivity contribution in [2.75, 3.05) is 25.4 Å².